The topological polar surface area (TPSA) is 220 Å². The number of nitrogens with two attached hydrogens (primary N) is 1. The number of hydrogen-bond acceptors (Lipinski definition) is 8. The number of aliphatic hydroxyl groups excluding tert-OH is 2. The first-order valence-corrected chi connectivity index (χ1v) is 11.1. The highest BCUT2D eigenvalue weighted by molar-refractivity contribution is 5.95. The minimum Gasteiger partial charge on any atom is -0.480 e. The molecule has 0 heterocycles. The highest BCUT2D eigenvalue weighted by Crippen LogP contribution is 2.09. The fraction of sp³-hybridized carbons (Fsp3) is 0.762. The van der Waals surface area contributed by atoms with Crippen molar-refractivity contribution in [3.8, 4) is 0 Å². The maximum atomic E-state index is 12.7. The summed E-state index contributed by atoms with van der Waals surface area (Å²) in [7, 11) is 0. The Hall–Kier alpha value is -2.77. The molecular weight excluding hydrogens is 450 g/mol. The molecule has 0 unspecified atom stereocenters. The van der Waals surface area contributed by atoms with Crippen molar-refractivity contribution in [1.82, 2.24) is 21.3 Å². The second-order valence-electron chi connectivity index (χ2n) is 8.98. The molecule has 0 aromatic carbocycles. The zero-order chi connectivity index (χ0) is 26.6. The molecule has 0 bridgehead atoms. The molecule has 13 heteroatoms. The Kier molecular flexibility index (Phi) is 14.0. The molecule has 13 nitrogen and oxygen atoms in total. The van der Waals surface area contributed by atoms with E-state index in [0.29, 0.717) is 0 Å². The van der Waals surface area contributed by atoms with Gasteiger partial charge in [0.15, 0.2) is 0 Å². The van der Waals surface area contributed by atoms with Crippen LogP contribution in [0, 0.1) is 11.8 Å². The van der Waals surface area contributed by atoms with Crippen molar-refractivity contribution in [3.05, 3.63) is 0 Å². The van der Waals surface area contributed by atoms with Gasteiger partial charge in [-0.3, -0.25) is 19.2 Å². The van der Waals surface area contributed by atoms with Crippen molar-refractivity contribution < 1.29 is 39.3 Å². The fourth-order valence-electron chi connectivity index (χ4n) is 2.90. The van der Waals surface area contributed by atoms with E-state index in [1.54, 1.807) is 0 Å². The van der Waals surface area contributed by atoms with Gasteiger partial charge in [-0.1, -0.05) is 27.7 Å². The maximum absolute atomic E-state index is 12.7. The van der Waals surface area contributed by atoms with Gasteiger partial charge >= 0.3 is 5.97 Å². The van der Waals surface area contributed by atoms with E-state index in [1.165, 1.54) is 6.92 Å². The molecule has 9 N–H and O–H groups in total. The Morgan fingerprint density at radius 1 is 0.647 bits per heavy atom. The quantitative estimate of drug-likeness (QED) is 0.121. The molecule has 0 aromatic rings. The molecule has 0 aliphatic rings. The standard InChI is InChI=1S/C21H39N5O8/c1-10(2)6-14(19(31)25-15(21(33)34)7-11(3)4)24-20(32)16(9-28)26-17(29)12(5)23-18(30)13(22)8-27/h10-16,27-28H,6-9,22H2,1-5H3,(H,23,30)(H,24,32)(H,25,31)(H,26,29)(H,33,34)/t12-,13-,14-,15-,16-/m0/s1. The normalized spacial score (nSPS) is 15.6. The zero-order valence-electron chi connectivity index (χ0n) is 20.3. The highest BCUT2D eigenvalue weighted by Gasteiger charge is 2.31. The Morgan fingerprint density at radius 3 is 1.53 bits per heavy atom. The second-order valence-corrected chi connectivity index (χ2v) is 8.98. The lowest BCUT2D eigenvalue weighted by molar-refractivity contribution is -0.143. The lowest BCUT2D eigenvalue weighted by Gasteiger charge is -2.26. The third-order valence-electron chi connectivity index (χ3n) is 4.76. The molecule has 5 atom stereocenters. The average molecular weight is 490 g/mol. The summed E-state index contributed by atoms with van der Waals surface area (Å²) >= 11 is 0. The molecule has 0 aliphatic heterocycles. The molecule has 0 aliphatic carbocycles. The van der Waals surface area contributed by atoms with Crippen LogP contribution in [0.3, 0.4) is 0 Å². The van der Waals surface area contributed by atoms with E-state index < -0.39 is 73.0 Å². The smallest absolute Gasteiger partial charge is 0.326 e. The molecule has 0 saturated carbocycles. The van der Waals surface area contributed by atoms with Crippen molar-refractivity contribution in [1.29, 1.82) is 0 Å². The number of carbonyl (C=O) groups excluding carboxylic acids is 4. The summed E-state index contributed by atoms with van der Waals surface area (Å²) in [6, 6.07) is -6.04. The van der Waals surface area contributed by atoms with Crippen LogP contribution in [0.25, 0.3) is 0 Å². The number of carbonyl (C=O) groups is 5. The van der Waals surface area contributed by atoms with E-state index >= 15 is 0 Å². The number of carboxylic acid groups (broad SMARTS) is 1. The van der Waals surface area contributed by atoms with Gasteiger partial charge in [0, 0.05) is 0 Å². The van der Waals surface area contributed by atoms with Gasteiger partial charge in [0.1, 0.15) is 30.2 Å². The van der Waals surface area contributed by atoms with Crippen molar-refractivity contribution in [3.63, 3.8) is 0 Å². The minimum atomic E-state index is -1.44. The van der Waals surface area contributed by atoms with Gasteiger partial charge in [-0.05, 0) is 31.6 Å². The van der Waals surface area contributed by atoms with E-state index in [2.05, 4.69) is 21.3 Å². The number of carboxylic acids is 1. The lowest BCUT2D eigenvalue weighted by Crippen LogP contribution is -2.59. The van der Waals surface area contributed by atoms with Crippen LogP contribution < -0.4 is 27.0 Å². The van der Waals surface area contributed by atoms with Gasteiger partial charge in [-0.15, -0.1) is 0 Å². The molecule has 0 spiro atoms. The summed E-state index contributed by atoms with van der Waals surface area (Å²) in [5, 5.41) is 37.3. The van der Waals surface area contributed by atoms with E-state index in [-0.39, 0.29) is 24.7 Å². The van der Waals surface area contributed by atoms with E-state index in [9.17, 15) is 34.2 Å². The summed E-state index contributed by atoms with van der Waals surface area (Å²) in [4.78, 5) is 60.9. The monoisotopic (exact) mass is 489 g/mol. The Balaban J connectivity index is 5.28. The Bertz CT molecular complexity index is 715. The van der Waals surface area contributed by atoms with Gasteiger partial charge in [0.25, 0.3) is 0 Å². The predicted molar refractivity (Wildman–Crippen MR) is 122 cm³/mol. The van der Waals surface area contributed by atoms with Gasteiger partial charge in [0.05, 0.1) is 13.2 Å². The van der Waals surface area contributed by atoms with Crippen LogP contribution in [0.2, 0.25) is 0 Å². The van der Waals surface area contributed by atoms with Crippen LogP contribution in [0.5, 0.6) is 0 Å². The molecule has 4 amide bonds. The van der Waals surface area contributed by atoms with Crippen LogP contribution in [0.1, 0.15) is 47.5 Å². The SMILES string of the molecule is CC(C)C[C@H](NC(=O)[C@H](CC(C)C)NC(=O)[C@H](CO)NC(=O)[C@H](C)NC(=O)[C@@H](N)CO)C(=O)O. The Morgan fingerprint density at radius 2 is 1.09 bits per heavy atom. The number of hydrogen-bond donors (Lipinski definition) is 8. The first-order chi connectivity index (χ1) is 15.7. The van der Waals surface area contributed by atoms with Crippen LogP contribution in [-0.2, 0) is 24.0 Å². The van der Waals surface area contributed by atoms with Crippen LogP contribution in [-0.4, -0.2) is 88.3 Å². The first-order valence-electron chi connectivity index (χ1n) is 11.1. The highest BCUT2D eigenvalue weighted by atomic mass is 16.4. The second kappa shape index (κ2) is 15.2. The summed E-state index contributed by atoms with van der Waals surface area (Å²) in [5.74, 6) is -4.39. The molecule has 0 radical (unpaired) electrons. The number of nitrogens with one attached hydrogen (secondary N) is 4. The maximum Gasteiger partial charge on any atom is 0.326 e. The minimum absolute atomic E-state index is 0.00271. The van der Waals surface area contributed by atoms with Gasteiger partial charge in [-0.25, -0.2) is 4.79 Å². The average Bonchev–Trinajstić information content (AvgIpc) is 2.74. The first kappa shape index (κ1) is 31.2. The molecule has 196 valence electrons. The lowest BCUT2D eigenvalue weighted by atomic mass is 10.0. The number of rotatable bonds is 15. The molecule has 0 rings (SSSR count). The largest absolute Gasteiger partial charge is 0.480 e. The number of aliphatic carboxylic acids is 1. The molecular formula is C21H39N5O8. The van der Waals surface area contributed by atoms with Crippen LogP contribution in [0.15, 0.2) is 0 Å². The molecule has 0 aromatic heterocycles. The van der Waals surface area contributed by atoms with Crippen molar-refractivity contribution in [2.24, 2.45) is 17.6 Å². The van der Waals surface area contributed by atoms with E-state index in [1.807, 2.05) is 27.7 Å². The van der Waals surface area contributed by atoms with E-state index in [0.717, 1.165) is 0 Å². The van der Waals surface area contributed by atoms with E-state index in [4.69, 9.17) is 10.8 Å². The van der Waals surface area contributed by atoms with Crippen molar-refractivity contribution >= 4 is 29.6 Å². The summed E-state index contributed by atoms with van der Waals surface area (Å²) in [5.41, 5.74) is 5.37. The number of amides is 4. The zero-order valence-corrected chi connectivity index (χ0v) is 20.3. The van der Waals surface area contributed by atoms with Gasteiger partial charge < -0.3 is 42.3 Å². The molecule has 34 heavy (non-hydrogen) atoms. The third kappa shape index (κ3) is 11.4. The van der Waals surface area contributed by atoms with Gasteiger partial charge in [-0.2, -0.15) is 0 Å². The van der Waals surface area contributed by atoms with Crippen LogP contribution in [0.4, 0.5) is 0 Å². The Labute approximate surface area is 199 Å². The molecule has 0 saturated heterocycles. The number of aliphatic hydroxyl groups is 2. The third-order valence-corrected chi connectivity index (χ3v) is 4.76. The van der Waals surface area contributed by atoms with Crippen molar-refractivity contribution in [2.45, 2.75) is 77.7 Å². The summed E-state index contributed by atoms with van der Waals surface area (Å²) < 4.78 is 0. The fourth-order valence-corrected chi connectivity index (χ4v) is 2.90. The van der Waals surface area contributed by atoms with Crippen LogP contribution >= 0.6 is 0 Å². The van der Waals surface area contributed by atoms with Crippen molar-refractivity contribution in [2.75, 3.05) is 13.2 Å². The van der Waals surface area contributed by atoms with Gasteiger partial charge in [0.2, 0.25) is 23.6 Å². The predicted octanol–water partition coefficient (Wildman–Crippen LogP) is -2.57. The summed E-state index contributed by atoms with van der Waals surface area (Å²) in [6.07, 6.45) is 0.380. The molecule has 0 fully saturated rings. The summed E-state index contributed by atoms with van der Waals surface area (Å²) in [6.45, 7) is 7.13.